The summed E-state index contributed by atoms with van der Waals surface area (Å²) in [4.78, 5) is 49.5. The molecule has 4 aromatic rings. The first-order valence-corrected chi connectivity index (χ1v) is 12.2. The number of rotatable bonds is 7. The third kappa shape index (κ3) is 5.72. The molecule has 1 atom stereocenters. The molecule has 0 saturated heterocycles. The summed E-state index contributed by atoms with van der Waals surface area (Å²) in [6.07, 6.45) is 4.93. The lowest BCUT2D eigenvalue weighted by Gasteiger charge is -2.33. The van der Waals surface area contributed by atoms with Crippen LogP contribution in [0.5, 0.6) is 0 Å². The summed E-state index contributed by atoms with van der Waals surface area (Å²) in [5, 5.41) is 3.81. The van der Waals surface area contributed by atoms with E-state index in [1.807, 2.05) is 32.9 Å². The van der Waals surface area contributed by atoms with Crippen LogP contribution < -0.4 is 16.8 Å². The molecular formula is C26H27N7O3S. The maximum atomic E-state index is 14.0. The number of fused-ring (bicyclic) bond motifs is 1. The van der Waals surface area contributed by atoms with E-state index in [1.54, 1.807) is 48.9 Å². The number of carbonyl (C=O) groups excluding carboxylic acids is 3. The number of carbonyl (C=O) groups is 3. The zero-order valence-corrected chi connectivity index (χ0v) is 21.5. The van der Waals surface area contributed by atoms with Gasteiger partial charge in [0, 0.05) is 36.1 Å². The van der Waals surface area contributed by atoms with Gasteiger partial charge < -0.3 is 21.7 Å². The number of primary amides is 1. The van der Waals surface area contributed by atoms with Gasteiger partial charge in [-0.25, -0.2) is 0 Å². The Balaban J connectivity index is 1.88. The molecule has 0 aliphatic carbocycles. The van der Waals surface area contributed by atoms with Crippen molar-refractivity contribution >= 4 is 45.8 Å². The molecule has 3 amide bonds. The molecule has 11 heteroatoms. The zero-order valence-electron chi connectivity index (χ0n) is 20.6. The topological polar surface area (TPSA) is 157 Å². The van der Waals surface area contributed by atoms with E-state index in [1.165, 1.54) is 4.90 Å². The fourth-order valence-corrected chi connectivity index (χ4v) is 4.66. The minimum Gasteiger partial charge on any atom is -0.395 e. The average Bonchev–Trinajstić information content (AvgIpc) is 3.24. The summed E-state index contributed by atoms with van der Waals surface area (Å²) in [7, 11) is 0. The second kappa shape index (κ2) is 10.3. The average molecular weight is 518 g/mol. The van der Waals surface area contributed by atoms with Gasteiger partial charge in [-0.3, -0.25) is 24.4 Å². The number of nitrogens with one attached hydrogen (secondary N) is 1. The number of hydrogen-bond donors (Lipinski definition) is 3. The van der Waals surface area contributed by atoms with Gasteiger partial charge >= 0.3 is 0 Å². The first-order chi connectivity index (χ1) is 17.5. The van der Waals surface area contributed by atoms with Gasteiger partial charge in [-0.2, -0.15) is 4.37 Å². The van der Waals surface area contributed by atoms with Crippen LogP contribution in [0.3, 0.4) is 0 Å². The van der Waals surface area contributed by atoms with Crippen LogP contribution in [0.15, 0.2) is 61.1 Å². The predicted molar refractivity (Wildman–Crippen MR) is 142 cm³/mol. The lowest BCUT2D eigenvalue weighted by atomic mass is 9.99. The Labute approximate surface area is 217 Å². The summed E-state index contributed by atoms with van der Waals surface area (Å²) in [5.74, 6) is -1.78. The first-order valence-electron chi connectivity index (χ1n) is 11.5. The maximum Gasteiger partial charge on any atom is 0.270 e. The Bertz CT molecular complexity index is 1460. The van der Waals surface area contributed by atoms with E-state index >= 15 is 0 Å². The highest BCUT2D eigenvalue weighted by molar-refractivity contribution is 7.09. The van der Waals surface area contributed by atoms with Gasteiger partial charge in [0.05, 0.1) is 11.2 Å². The Morgan fingerprint density at radius 1 is 1.11 bits per heavy atom. The third-order valence-corrected chi connectivity index (χ3v) is 6.34. The smallest absolute Gasteiger partial charge is 0.270 e. The van der Waals surface area contributed by atoms with Gasteiger partial charge in [-0.1, -0.05) is 18.2 Å². The Hall–Kier alpha value is -4.38. The maximum absolute atomic E-state index is 14.0. The van der Waals surface area contributed by atoms with Crippen molar-refractivity contribution in [3.8, 4) is 0 Å². The van der Waals surface area contributed by atoms with Crippen molar-refractivity contribution in [1.29, 1.82) is 0 Å². The number of nitrogens with zero attached hydrogens (tertiary/aromatic N) is 4. The molecule has 0 fully saturated rings. The van der Waals surface area contributed by atoms with Crippen molar-refractivity contribution < 1.29 is 14.4 Å². The van der Waals surface area contributed by atoms with Crippen LogP contribution in [0.1, 0.15) is 58.1 Å². The summed E-state index contributed by atoms with van der Waals surface area (Å²) in [5.41, 5.74) is 12.6. The number of hydrogen-bond acceptors (Lipinski definition) is 8. The minimum atomic E-state index is -1.05. The molecule has 3 aromatic heterocycles. The Morgan fingerprint density at radius 3 is 2.51 bits per heavy atom. The van der Waals surface area contributed by atoms with Crippen LogP contribution >= 0.6 is 11.5 Å². The van der Waals surface area contributed by atoms with Crippen LogP contribution in [0, 0.1) is 0 Å². The molecule has 0 radical (unpaired) electrons. The molecule has 4 rings (SSSR count). The van der Waals surface area contributed by atoms with Gasteiger partial charge in [0.2, 0.25) is 5.91 Å². The molecule has 0 spiro atoms. The third-order valence-electron chi connectivity index (χ3n) is 5.49. The molecule has 37 heavy (non-hydrogen) atoms. The standard InChI is InChI=1S/C26H27N7O3S/c1-26(2,3)31-24(35)21(17-8-9-18-16(12-17)7-5-11-30-18)33(14-15-6-4-10-29-13-15)25(36)22-19(27)20(23(28)34)32-37-22/h4-13,21H,14,27H2,1-3H3,(H2,28,34)(H,31,35)/t21-/m0/s1. The van der Waals surface area contributed by atoms with E-state index in [2.05, 4.69) is 19.7 Å². The van der Waals surface area contributed by atoms with E-state index in [9.17, 15) is 14.4 Å². The van der Waals surface area contributed by atoms with Crippen LogP contribution in [0.25, 0.3) is 10.9 Å². The van der Waals surface area contributed by atoms with Crippen molar-refractivity contribution in [1.82, 2.24) is 24.6 Å². The molecular weight excluding hydrogens is 490 g/mol. The Kier molecular flexibility index (Phi) is 7.16. The van der Waals surface area contributed by atoms with Crippen molar-refractivity contribution in [2.24, 2.45) is 5.73 Å². The van der Waals surface area contributed by atoms with Crippen LogP contribution in [0.2, 0.25) is 0 Å². The van der Waals surface area contributed by atoms with E-state index in [4.69, 9.17) is 11.5 Å². The van der Waals surface area contributed by atoms with E-state index < -0.39 is 23.4 Å². The molecule has 0 saturated carbocycles. The number of aromatic nitrogens is 3. The second-order valence-corrected chi connectivity index (χ2v) is 10.3. The van der Waals surface area contributed by atoms with Crippen LogP contribution in [-0.4, -0.2) is 42.5 Å². The minimum absolute atomic E-state index is 0.0219. The molecule has 0 bridgehead atoms. The lowest BCUT2D eigenvalue weighted by Crippen LogP contribution is -2.49. The predicted octanol–water partition coefficient (Wildman–Crippen LogP) is 3.07. The molecule has 0 aliphatic heterocycles. The summed E-state index contributed by atoms with van der Waals surface area (Å²) < 4.78 is 3.98. The molecule has 10 nitrogen and oxygen atoms in total. The van der Waals surface area contributed by atoms with Crippen molar-refractivity contribution in [2.75, 3.05) is 5.73 Å². The number of amides is 3. The highest BCUT2D eigenvalue weighted by Gasteiger charge is 2.36. The molecule has 1 aromatic carbocycles. The SMILES string of the molecule is CC(C)(C)NC(=O)[C@H](c1ccc2ncccc2c1)N(Cc1cccnc1)C(=O)c1snc(C(N)=O)c1N. The van der Waals surface area contributed by atoms with E-state index in [0.717, 1.165) is 22.4 Å². The fraction of sp³-hybridized carbons (Fsp3) is 0.231. The second-order valence-electron chi connectivity index (χ2n) is 9.53. The van der Waals surface area contributed by atoms with Gasteiger partial charge in [-0.15, -0.1) is 0 Å². The number of anilines is 1. The quantitative estimate of drug-likeness (QED) is 0.340. The van der Waals surface area contributed by atoms with E-state index in [0.29, 0.717) is 11.1 Å². The number of nitrogens with two attached hydrogens (primary N) is 2. The molecule has 190 valence electrons. The Morgan fingerprint density at radius 2 is 1.86 bits per heavy atom. The highest BCUT2D eigenvalue weighted by atomic mass is 32.1. The van der Waals surface area contributed by atoms with Gasteiger partial charge in [-0.05, 0) is 67.7 Å². The highest BCUT2D eigenvalue weighted by Crippen LogP contribution is 2.31. The van der Waals surface area contributed by atoms with Gasteiger partial charge in [0.25, 0.3) is 11.8 Å². The molecule has 5 N–H and O–H groups in total. The molecule has 0 aliphatic rings. The summed E-state index contributed by atoms with van der Waals surface area (Å²) in [6.45, 7) is 5.63. The van der Waals surface area contributed by atoms with Crippen LogP contribution in [0.4, 0.5) is 5.69 Å². The van der Waals surface area contributed by atoms with E-state index in [-0.39, 0.29) is 28.7 Å². The first kappa shape index (κ1) is 25.7. The molecule has 3 heterocycles. The normalized spacial score (nSPS) is 12.2. The zero-order chi connectivity index (χ0) is 26.7. The largest absolute Gasteiger partial charge is 0.395 e. The molecule has 0 unspecified atom stereocenters. The van der Waals surface area contributed by atoms with Gasteiger partial charge in [0.1, 0.15) is 10.9 Å². The monoisotopic (exact) mass is 517 g/mol. The number of benzene rings is 1. The summed E-state index contributed by atoms with van der Waals surface area (Å²) >= 11 is 0.767. The van der Waals surface area contributed by atoms with Crippen LogP contribution in [-0.2, 0) is 11.3 Å². The summed E-state index contributed by atoms with van der Waals surface area (Å²) in [6, 6.07) is 11.6. The number of nitrogen functional groups attached to an aromatic ring is 1. The van der Waals surface area contributed by atoms with Gasteiger partial charge in [0.15, 0.2) is 5.69 Å². The lowest BCUT2D eigenvalue weighted by molar-refractivity contribution is -0.127. The number of pyridine rings is 2. The van der Waals surface area contributed by atoms with Crippen molar-refractivity contribution in [2.45, 2.75) is 38.9 Å². The fourth-order valence-electron chi connectivity index (χ4n) is 3.90. The van der Waals surface area contributed by atoms with Crippen molar-refractivity contribution in [3.05, 3.63) is 82.8 Å². The van der Waals surface area contributed by atoms with Crippen molar-refractivity contribution in [3.63, 3.8) is 0 Å².